The highest BCUT2D eigenvalue weighted by Gasteiger charge is 2.20. The first-order valence-electron chi connectivity index (χ1n) is 10.4. The average molecular weight is 405 g/mol. The highest BCUT2D eigenvalue weighted by Crippen LogP contribution is 2.26. The summed E-state index contributed by atoms with van der Waals surface area (Å²) in [4.78, 5) is 18.9. The smallest absolute Gasteiger partial charge is 0.165 e. The van der Waals surface area contributed by atoms with E-state index in [-0.39, 0.29) is 0 Å². The number of anilines is 1. The van der Waals surface area contributed by atoms with Crippen molar-refractivity contribution in [2.24, 2.45) is 5.73 Å². The van der Waals surface area contributed by atoms with E-state index in [9.17, 15) is 0 Å². The number of hydrogen-bond donors (Lipinski definition) is 3. The van der Waals surface area contributed by atoms with Crippen molar-refractivity contribution in [3.05, 3.63) is 12.2 Å². The molecule has 1 atom stereocenters. The molecule has 0 spiro atoms. The van der Waals surface area contributed by atoms with Gasteiger partial charge in [-0.05, 0) is 19.9 Å². The van der Waals surface area contributed by atoms with E-state index in [1.807, 2.05) is 6.33 Å². The summed E-state index contributed by atoms with van der Waals surface area (Å²) < 4.78 is 2.13. The molecule has 154 valence electrons. The monoisotopic (exact) mass is 404 g/mol. The second kappa shape index (κ2) is 8.94. The van der Waals surface area contributed by atoms with Crippen LogP contribution < -0.4 is 11.1 Å². The SMILES string of the molecule is CN1CCN(CCn2cnc3c(NC4CCCCC4)nc(C(N)S)nc32)CC1. The number of piperazine rings is 1. The second-order valence-electron chi connectivity index (χ2n) is 8.11. The van der Waals surface area contributed by atoms with Crippen LogP contribution in [-0.2, 0) is 6.54 Å². The van der Waals surface area contributed by atoms with Gasteiger partial charge in [0, 0.05) is 45.3 Å². The number of nitrogens with two attached hydrogens (primary N) is 1. The number of nitrogens with one attached hydrogen (secondary N) is 1. The Kier molecular flexibility index (Phi) is 6.35. The standard InChI is InChI=1S/C19H32N8S/c1-25-7-9-26(10-8-25)11-12-27-13-21-15-17(22-14-5-3-2-4-6-14)23-18(16(20)28)24-19(15)27/h13-14,16,28H,2-12,20H2,1H3,(H,22,23,24). The van der Waals surface area contributed by atoms with Gasteiger partial charge in [-0.1, -0.05) is 19.3 Å². The maximum absolute atomic E-state index is 6.00. The fourth-order valence-electron chi connectivity index (χ4n) is 4.12. The van der Waals surface area contributed by atoms with Crippen LogP contribution in [0.1, 0.15) is 43.3 Å². The maximum atomic E-state index is 6.00. The molecule has 1 aliphatic heterocycles. The zero-order valence-corrected chi connectivity index (χ0v) is 17.6. The summed E-state index contributed by atoms with van der Waals surface area (Å²) in [6, 6.07) is 0.450. The topological polar surface area (TPSA) is 88.1 Å². The van der Waals surface area contributed by atoms with Crippen LogP contribution in [-0.4, -0.2) is 75.1 Å². The van der Waals surface area contributed by atoms with E-state index in [0.717, 1.165) is 56.3 Å². The molecule has 2 fully saturated rings. The first-order chi connectivity index (χ1) is 13.6. The van der Waals surface area contributed by atoms with E-state index in [4.69, 9.17) is 5.73 Å². The molecule has 2 aliphatic rings. The minimum absolute atomic E-state index is 0.450. The normalized spacial score (nSPS) is 21.2. The van der Waals surface area contributed by atoms with Crippen molar-refractivity contribution < 1.29 is 0 Å². The van der Waals surface area contributed by atoms with Crippen LogP contribution in [0.2, 0.25) is 0 Å². The van der Waals surface area contributed by atoms with Gasteiger partial charge >= 0.3 is 0 Å². The molecule has 9 heteroatoms. The van der Waals surface area contributed by atoms with Gasteiger partial charge in [-0.15, -0.1) is 0 Å². The highest BCUT2D eigenvalue weighted by atomic mass is 32.1. The number of rotatable bonds is 6. The number of hydrogen-bond acceptors (Lipinski definition) is 8. The van der Waals surface area contributed by atoms with Crippen LogP contribution in [0, 0.1) is 0 Å². The molecule has 8 nitrogen and oxygen atoms in total. The Hall–Kier alpha value is -1.42. The quantitative estimate of drug-likeness (QED) is 0.499. The fraction of sp³-hybridized carbons (Fsp3) is 0.737. The summed E-state index contributed by atoms with van der Waals surface area (Å²) in [5.74, 6) is 1.35. The summed E-state index contributed by atoms with van der Waals surface area (Å²) in [5, 5.41) is 3.11. The van der Waals surface area contributed by atoms with Crippen LogP contribution in [0.25, 0.3) is 11.2 Å². The van der Waals surface area contributed by atoms with E-state index >= 15 is 0 Å². The van der Waals surface area contributed by atoms with Crippen molar-refractivity contribution in [1.29, 1.82) is 0 Å². The molecule has 0 bridgehead atoms. The van der Waals surface area contributed by atoms with Crippen molar-refractivity contribution in [1.82, 2.24) is 29.3 Å². The van der Waals surface area contributed by atoms with E-state index < -0.39 is 5.37 Å². The first-order valence-corrected chi connectivity index (χ1v) is 11.0. The molecular formula is C19H32N8S. The zero-order chi connectivity index (χ0) is 19.5. The summed E-state index contributed by atoms with van der Waals surface area (Å²) in [5.41, 5.74) is 7.68. The molecule has 0 amide bonds. The van der Waals surface area contributed by atoms with Gasteiger partial charge in [0.1, 0.15) is 10.9 Å². The molecule has 3 heterocycles. The minimum Gasteiger partial charge on any atom is -0.365 e. The lowest BCUT2D eigenvalue weighted by molar-refractivity contribution is 0.150. The lowest BCUT2D eigenvalue weighted by Gasteiger charge is -2.32. The molecule has 1 aliphatic carbocycles. The molecule has 4 rings (SSSR count). The molecule has 2 aromatic rings. The maximum Gasteiger partial charge on any atom is 0.165 e. The number of aromatic nitrogens is 4. The number of nitrogens with zero attached hydrogens (tertiary/aromatic N) is 6. The van der Waals surface area contributed by atoms with Crippen molar-refractivity contribution in [3.8, 4) is 0 Å². The predicted octanol–water partition coefficient (Wildman–Crippen LogP) is 1.71. The van der Waals surface area contributed by atoms with Crippen LogP contribution in [0.4, 0.5) is 5.82 Å². The summed E-state index contributed by atoms with van der Waals surface area (Å²) in [7, 11) is 2.18. The van der Waals surface area contributed by atoms with E-state index in [1.54, 1.807) is 0 Å². The Balaban J connectivity index is 1.54. The van der Waals surface area contributed by atoms with Crippen molar-refractivity contribution >= 4 is 29.6 Å². The Labute approximate surface area is 172 Å². The summed E-state index contributed by atoms with van der Waals surface area (Å²) in [6.07, 6.45) is 8.10. The molecule has 1 saturated carbocycles. The van der Waals surface area contributed by atoms with Gasteiger partial charge in [-0.25, -0.2) is 15.0 Å². The van der Waals surface area contributed by atoms with Crippen LogP contribution in [0.3, 0.4) is 0 Å². The minimum atomic E-state index is -0.503. The van der Waals surface area contributed by atoms with E-state index in [2.05, 4.69) is 54.3 Å². The van der Waals surface area contributed by atoms with Crippen molar-refractivity contribution in [3.63, 3.8) is 0 Å². The third-order valence-electron chi connectivity index (χ3n) is 5.94. The lowest BCUT2D eigenvalue weighted by Crippen LogP contribution is -2.45. The van der Waals surface area contributed by atoms with Gasteiger partial charge in [0.15, 0.2) is 17.3 Å². The van der Waals surface area contributed by atoms with E-state index in [1.165, 1.54) is 32.1 Å². The van der Waals surface area contributed by atoms with Crippen molar-refractivity contribution in [2.45, 2.75) is 50.1 Å². The van der Waals surface area contributed by atoms with Gasteiger partial charge in [0.05, 0.1) is 6.33 Å². The van der Waals surface area contributed by atoms with Crippen LogP contribution in [0.5, 0.6) is 0 Å². The summed E-state index contributed by atoms with van der Waals surface area (Å²) >= 11 is 4.37. The average Bonchev–Trinajstić information content (AvgIpc) is 3.11. The van der Waals surface area contributed by atoms with Gasteiger partial charge < -0.3 is 20.5 Å². The molecule has 0 radical (unpaired) electrons. The molecule has 28 heavy (non-hydrogen) atoms. The number of likely N-dealkylation sites (N-methyl/N-ethyl adjacent to an activating group) is 1. The number of thiol groups is 1. The molecule has 1 unspecified atom stereocenters. The number of fused-ring (bicyclic) bond motifs is 1. The second-order valence-corrected chi connectivity index (χ2v) is 8.67. The Morgan fingerprint density at radius 2 is 1.89 bits per heavy atom. The van der Waals surface area contributed by atoms with Gasteiger partial charge in [0.25, 0.3) is 0 Å². The van der Waals surface area contributed by atoms with Gasteiger partial charge in [-0.3, -0.25) is 4.90 Å². The fourth-order valence-corrected chi connectivity index (χ4v) is 4.23. The molecular weight excluding hydrogens is 372 g/mol. The van der Waals surface area contributed by atoms with Crippen LogP contribution in [0.15, 0.2) is 6.33 Å². The highest BCUT2D eigenvalue weighted by molar-refractivity contribution is 7.80. The first kappa shape index (κ1) is 19.9. The van der Waals surface area contributed by atoms with Crippen molar-refractivity contribution in [2.75, 3.05) is 45.1 Å². The molecule has 3 N–H and O–H groups in total. The van der Waals surface area contributed by atoms with E-state index in [0.29, 0.717) is 11.9 Å². The Bertz CT molecular complexity index is 778. The van der Waals surface area contributed by atoms with Crippen LogP contribution >= 0.6 is 12.6 Å². The predicted molar refractivity (Wildman–Crippen MR) is 116 cm³/mol. The largest absolute Gasteiger partial charge is 0.365 e. The Morgan fingerprint density at radius 1 is 1.14 bits per heavy atom. The molecule has 1 saturated heterocycles. The van der Waals surface area contributed by atoms with Gasteiger partial charge in [0.2, 0.25) is 0 Å². The third kappa shape index (κ3) is 4.59. The molecule has 2 aromatic heterocycles. The number of imidazole rings is 1. The zero-order valence-electron chi connectivity index (χ0n) is 16.7. The molecule has 0 aromatic carbocycles. The summed E-state index contributed by atoms with van der Waals surface area (Å²) in [6.45, 7) is 6.33. The van der Waals surface area contributed by atoms with Gasteiger partial charge in [-0.2, -0.15) is 12.6 Å². The lowest BCUT2D eigenvalue weighted by atomic mass is 9.95. The third-order valence-corrected chi connectivity index (χ3v) is 6.18. The Morgan fingerprint density at radius 3 is 2.61 bits per heavy atom.